The molecule has 96 valence electrons. The second-order valence-corrected chi connectivity index (χ2v) is 6.71. The largest absolute Gasteiger partial charge is 0.388 e. The minimum Gasteiger partial charge on any atom is -0.388 e. The van der Waals surface area contributed by atoms with Gasteiger partial charge in [-0.05, 0) is 52.4 Å². The molecule has 0 bridgehead atoms. The minimum atomic E-state index is -0.488. The quantitative estimate of drug-likeness (QED) is 0.691. The maximum absolute atomic E-state index is 10.3. The van der Waals surface area contributed by atoms with E-state index in [1.54, 1.807) is 11.3 Å². The third kappa shape index (κ3) is 2.96. The zero-order valence-corrected chi connectivity index (χ0v) is 13.1. The standard InChI is InChI=1S/C15H12INOS/c16-11-7-5-10(6-8-11)13(18)9-15-17-12-3-1-2-4-14(12)19-15/h1-8,13,18H,9H2. The Balaban J connectivity index is 1.82. The van der Waals surface area contributed by atoms with Crippen LogP contribution in [0.1, 0.15) is 16.7 Å². The predicted octanol–water partition coefficient (Wildman–Crippen LogP) is 4.18. The van der Waals surface area contributed by atoms with Crippen LogP contribution < -0.4 is 0 Å². The first-order valence-electron chi connectivity index (χ1n) is 6.00. The second-order valence-electron chi connectivity index (χ2n) is 4.35. The molecule has 0 spiro atoms. The number of nitrogens with zero attached hydrogens (tertiary/aromatic N) is 1. The summed E-state index contributed by atoms with van der Waals surface area (Å²) >= 11 is 3.91. The summed E-state index contributed by atoms with van der Waals surface area (Å²) in [5.74, 6) is 0. The molecule has 0 aliphatic heterocycles. The zero-order chi connectivity index (χ0) is 13.2. The molecule has 19 heavy (non-hydrogen) atoms. The van der Waals surface area contributed by atoms with Crippen LogP contribution in [0.25, 0.3) is 10.2 Å². The van der Waals surface area contributed by atoms with E-state index in [-0.39, 0.29) is 0 Å². The molecule has 1 atom stereocenters. The Morgan fingerprint density at radius 3 is 2.58 bits per heavy atom. The molecule has 0 aliphatic carbocycles. The van der Waals surface area contributed by atoms with Crippen molar-refractivity contribution >= 4 is 44.1 Å². The van der Waals surface area contributed by atoms with Crippen molar-refractivity contribution in [3.8, 4) is 0 Å². The fourth-order valence-electron chi connectivity index (χ4n) is 1.98. The number of rotatable bonds is 3. The van der Waals surface area contributed by atoms with Crippen LogP contribution in [-0.4, -0.2) is 10.1 Å². The lowest BCUT2D eigenvalue weighted by Gasteiger charge is -2.08. The first-order valence-corrected chi connectivity index (χ1v) is 7.90. The molecule has 0 amide bonds. The molecule has 0 saturated carbocycles. The van der Waals surface area contributed by atoms with Crippen LogP contribution in [0.3, 0.4) is 0 Å². The van der Waals surface area contributed by atoms with Crippen LogP contribution in [0.5, 0.6) is 0 Å². The molecule has 1 aromatic heterocycles. The maximum atomic E-state index is 10.3. The molecular formula is C15H12INOS. The molecule has 1 unspecified atom stereocenters. The summed E-state index contributed by atoms with van der Waals surface area (Å²) in [5, 5.41) is 11.2. The summed E-state index contributed by atoms with van der Waals surface area (Å²) in [4.78, 5) is 4.55. The van der Waals surface area contributed by atoms with Crippen LogP contribution >= 0.6 is 33.9 Å². The van der Waals surface area contributed by atoms with E-state index in [0.29, 0.717) is 6.42 Å². The Bertz CT molecular complexity index is 660. The van der Waals surface area contributed by atoms with E-state index in [1.165, 1.54) is 8.27 Å². The maximum Gasteiger partial charge on any atom is 0.0967 e. The minimum absolute atomic E-state index is 0.488. The molecule has 0 radical (unpaired) electrons. The summed E-state index contributed by atoms with van der Waals surface area (Å²) in [6.07, 6.45) is 0.0810. The van der Waals surface area contributed by atoms with Crippen molar-refractivity contribution in [1.29, 1.82) is 0 Å². The van der Waals surface area contributed by atoms with Crippen LogP contribution in [0.15, 0.2) is 48.5 Å². The molecular weight excluding hydrogens is 369 g/mol. The Morgan fingerprint density at radius 1 is 1.11 bits per heavy atom. The van der Waals surface area contributed by atoms with Gasteiger partial charge in [-0.15, -0.1) is 11.3 Å². The summed E-state index contributed by atoms with van der Waals surface area (Å²) in [5.41, 5.74) is 1.96. The first kappa shape index (κ1) is 13.0. The van der Waals surface area contributed by atoms with Crippen LogP contribution in [0, 0.1) is 3.57 Å². The van der Waals surface area contributed by atoms with Gasteiger partial charge in [-0.2, -0.15) is 0 Å². The molecule has 3 rings (SSSR count). The molecule has 1 N–H and O–H groups in total. The fourth-order valence-corrected chi connectivity index (χ4v) is 3.34. The van der Waals surface area contributed by atoms with Gasteiger partial charge < -0.3 is 5.11 Å². The van der Waals surface area contributed by atoms with Crippen LogP contribution in [-0.2, 0) is 6.42 Å². The fraction of sp³-hybridized carbons (Fsp3) is 0.133. The van der Waals surface area contributed by atoms with Gasteiger partial charge in [0, 0.05) is 9.99 Å². The van der Waals surface area contributed by atoms with Gasteiger partial charge in [0.1, 0.15) is 0 Å². The molecule has 0 aliphatic rings. The monoisotopic (exact) mass is 381 g/mol. The average molecular weight is 381 g/mol. The van der Waals surface area contributed by atoms with Gasteiger partial charge in [0.25, 0.3) is 0 Å². The van der Waals surface area contributed by atoms with Crippen molar-refractivity contribution in [1.82, 2.24) is 4.98 Å². The number of aliphatic hydroxyl groups excluding tert-OH is 1. The van der Waals surface area contributed by atoms with Crippen molar-refractivity contribution in [2.75, 3.05) is 0 Å². The van der Waals surface area contributed by atoms with Gasteiger partial charge in [0.15, 0.2) is 0 Å². The predicted molar refractivity (Wildman–Crippen MR) is 87.4 cm³/mol. The Hall–Kier alpha value is -0.980. The van der Waals surface area contributed by atoms with Crippen molar-refractivity contribution in [3.05, 3.63) is 62.7 Å². The summed E-state index contributed by atoms with van der Waals surface area (Å²) in [6, 6.07) is 16.0. The second kappa shape index (κ2) is 5.56. The number of hydrogen-bond acceptors (Lipinski definition) is 3. The number of para-hydroxylation sites is 1. The third-order valence-electron chi connectivity index (χ3n) is 2.96. The third-order valence-corrected chi connectivity index (χ3v) is 4.74. The van der Waals surface area contributed by atoms with Gasteiger partial charge >= 0.3 is 0 Å². The number of halogens is 1. The first-order chi connectivity index (χ1) is 9.22. The lowest BCUT2D eigenvalue weighted by molar-refractivity contribution is 0.178. The highest BCUT2D eigenvalue weighted by molar-refractivity contribution is 14.1. The SMILES string of the molecule is OC(Cc1nc2ccccc2s1)c1ccc(I)cc1. The summed E-state index contributed by atoms with van der Waals surface area (Å²) < 4.78 is 2.35. The number of aliphatic hydroxyl groups is 1. The van der Waals surface area contributed by atoms with E-state index >= 15 is 0 Å². The lowest BCUT2D eigenvalue weighted by Crippen LogP contribution is -2.01. The van der Waals surface area contributed by atoms with Crippen LogP contribution in [0.2, 0.25) is 0 Å². The highest BCUT2D eigenvalue weighted by Gasteiger charge is 2.11. The van der Waals surface area contributed by atoms with E-state index < -0.39 is 6.10 Å². The van der Waals surface area contributed by atoms with E-state index in [2.05, 4.69) is 33.6 Å². The smallest absolute Gasteiger partial charge is 0.0967 e. The number of benzene rings is 2. The van der Waals surface area contributed by atoms with Crippen LogP contribution in [0.4, 0.5) is 0 Å². The van der Waals surface area contributed by atoms with Gasteiger partial charge in [-0.3, -0.25) is 0 Å². The molecule has 0 saturated heterocycles. The molecule has 2 nitrogen and oxygen atoms in total. The molecule has 4 heteroatoms. The normalized spacial score (nSPS) is 12.7. The number of aromatic nitrogens is 1. The topological polar surface area (TPSA) is 33.1 Å². The lowest BCUT2D eigenvalue weighted by atomic mass is 10.1. The zero-order valence-electron chi connectivity index (χ0n) is 10.1. The van der Waals surface area contributed by atoms with Crippen molar-refractivity contribution in [2.45, 2.75) is 12.5 Å². The van der Waals surface area contributed by atoms with E-state index in [1.807, 2.05) is 42.5 Å². The highest BCUT2D eigenvalue weighted by atomic mass is 127. The van der Waals surface area contributed by atoms with Crippen molar-refractivity contribution < 1.29 is 5.11 Å². The molecule has 3 aromatic rings. The van der Waals surface area contributed by atoms with Gasteiger partial charge in [-0.1, -0.05) is 24.3 Å². The van der Waals surface area contributed by atoms with Crippen molar-refractivity contribution in [2.24, 2.45) is 0 Å². The van der Waals surface area contributed by atoms with E-state index in [4.69, 9.17) is 0 Å². The molecule has 2 aromatic carbocycles. The summed E-state index contributed by atoms with van der Waals surface area (Å²) in [7, 11) is 0. The summed E-state index contributed by atoms with van der Waals surface area (Å²) in [6.45, 7) is 0. The van der Waals surface area contributed by atoms with Crippen molar-refractivity contribution in [3.63, 3.8) is 0 Å². The highest BCUT2D eigenvalue weighted by Crippen LogP contribution is 2.26. The van der Waals surface area contributed by atoms with E-state index in [0.717, 1.165) is 16.1 Å². The molecule has 1 heterocycles. The number of fused-ring (bicyclic) bond motifs is 1. The van der Waals surface area contributed by atoms with Gasteiger partial charge in [0.05, 0.1) is 21.3 Å². The van der Waals surface area contributed by atoms with Gasteiger partial charge in [-0.25, -0.2) is 4.98 Å². The number of hydrogen-bond donors (Lipinski definition) is 1. The Kier molecular flexibility index (Phi) is 3.81. The Morgan fingerprint density at radius 2 is 1.84 bits per heavy atom. The number of thiazole rings is 1. The Labute approximate surface area is 129 Å². The molecule has 0 fully saturated rings. The average Bonchev–Trinajstić information content (AvgIpc) is 2.81. The van der Waals surface area contributed by atoms with E-state index in [9.17, 15) is 5.11 Å². The van der Waals surface area contributed by atoms with Gasteiger partial charge in [0.2, 0.25) is 0 Å².